The van der Waals surface area contributed by atoms with Crippen molar-refractivity contribution in [1.82, 2.24) is 14.5 Å². The standard InChI is InChI=1S/C22H24Cl2N4O2S/c1-12-4-6-14-17(8-12)31-21-20(14)22(30)28(18(26-21)10-27(2)3)11-19(29)25-13-5-7-15(23)16(24)9-13/h5,7,9,12H,4,6,8,10-11H2,1-3H3,(H,25,29). The molecule has 0 radical (unpaired) electrons. The van der Waals surface area contributed by atoms with Gasteiger partial charge in [-0.1, -0.05) is 30.1 Å². The Balaban J connectivity index is 1.72. The first-order valence-corrected chi connectivity index (χ1v) is 11.7. The van der Waals surface area contributed by atoms with E-state index in [1.165, 1.54) is 9.44 Å². The predicted octanol–water partition coefficient (Wildman–Crippen LogP) is 4.59. The molecule has 1 N–H and O–H groups in total. The molecule has 4 rings (SSSR count). The van der Waals surface area contributed by atoms with Crippen LogP contribution in [-0.2, 0) is 30.7 Å². The van der Waals surface area contributed by atoms with Gasteiger partial charge < -0.3 is 10.2 Å². The molecule has 3 aromatic rings. The first-order valence-electron chi connectivity index (χ1n) is 10.2. The van der Waals surface area contributed by atoms with Gasteiger partial charge in [0, 0.05) is 10.6 Å². The Labute approximate surface area is 194 Å². The smallest absolute Gasteiger partial charge is 0.263 e. The molecule has 0 aliphatic heterocycles. The summed E-state index contributed by atoms with van der Waals surface area (Å²) in [5.41, 5.74) is 1.50. The number of halogens is 2. The molecule has 2 aromatic heterocycles. The summed E-state index contributed by atoms with van der Waals surface area (Å²) in [7, 11) is 3.83. The van der Waals surface area contributed by atoms with Gasteiger partial charge in [0.15, 0.2) is 0 Å². The van der Waals surface area contributed by atoms with Crippen molar-refractivity contribution in [2.75, 3.05) is 19.4 Å². The highest BCUT2D eigenvalue weighted by Gasteiger charge is 2.25. The Morgan fingerprint density at radius 2 is 2.10 bits per heavy atom. The van der Waals surface area contributed by atoms with Crippen molar-refractivity contribution < 1.29 is 4.79 Å². The lowest BCUT2D eigenvalue weighted by Crippen LogP contribution is -2.33. The van der Waals surface area contributed by atoms with Crippen LogP contribution in [0.2, 0.25) is 10.0 Å². The number of nitrogens with zero attached hydrogens (tertiary/aromatic N) is 3. The number of fused-ring (bicyclic) bond motifs is 3. The van der Waals surface area contributed by atoms with Gasteiger partial charge in [-0.15, -0.1) is 11.3 Å². The van der Waals surface area contributed by atoms with Gasteiger partial charge in [-0.05, 0) is 63.0 Å². The lowest BCUT2D eigenvalue weighted by Gasteiger charge is -2.18. The topological polar surface area (TPSA) is 67.2 Å². The Kier molecular flexibility index (Phi) is 6.40. The van der Waals surface area contributed by atoms with Crippen molar-refractivity contribution in [2.24, 2.45) is 5.92 Å². The Bertz CT molecular complexity index is 1220. The van der Waals surface area contributed by atoms with E-state index in [1.54, 1.807) is 29.5 Å². The maximum Gasteiger partial charge on any atom is 0.263 e. The van der Waals surface area contributed by atoms with Crippen molar-refractivity contribution in [1.29, 1.82) is 0 Å². The number of thiophene rings is 1. The highest BCUT2D eigenvalue weighted by atomic mass is 35.5. The number of nitrogens with one attached hydrogen (secondary N) is 1. The molecule has 1 aliphatic rings. The maximum absolute atomic E-state index is 13.5. The van der Waals surface area contributed by atoms with Gasteiger partial charge in [0.1, 0.15) is 17.2 Å². The molecule has 1 unspecified atom stereocenters. The van der Waals surface area contributed by atoms with Crippen LogP contribution in [-0.4, -0.2) is 34.5 Å². The normalized spacial score (nSPS) is 16.0. The average Bonchev–Trinajstić information content (AvgIpc) is 3.04. The third-order valence-electron chi connectivity index (χ3n) is 5.46. The van der Waals surface area contributed by atoms with Crippen LogP contribution in [0.15, 0.2) is 23.0 Å². The van der Waals surface area contributed by atoms with Crippen LogP contribution < -0.4 is 10.9 Å². The third kappa shape index (κ3) is 4.65. The van der Waals surface area contributed by atoms with Crippen LogP contribution in [0.1, 0.15) is 29.6 Å². The van der Waals surface area contributed by atoms with Gasteiger partial charge in [-0.3, -0.25) is 14.2 Å². The van der Waals surface area contributed by atoms with Gasteiger partial charge in [-0.2, -0.15) is 0 Å². The van der Waals surface area contributed by atoms with Gasteiger partial charge in [0.05, 0.1) is 22.0 Å². The zero-order chi connectivity index (χ0) is 22.3. The summed E-state index contributed by atoms with van der Waals surface area (Å²) >= 11 is 13.6. The Morgan fingerprint density at radius 3 is 2.81 bits per heavy atom. The van der Waals surface area contributed by atoms with E-state index in [4.69, 9.17) is 28.2 Å². The molecule has 0 spiro atoms. The summed E-state index contributed by atoms with van der Waals surface area (Å²) in [5.74, 6) is 0.874. The van der Waals surface area contributed by atoms with Gasteiger partial charge in [0.2, 0.25) is 5.91 Å². The summed E-state index contributed by atoms with van der Waals surface area (Å²) in [4.78, 5) is 35.1. The first-order chi connectivity index (χ1) is 14.7. The minimum absolute atomic E-state index is 0.119. The quantitative estimate of drug-likeness (QED) is 0.582. The molecule has 0 bridgehead atoms. The molecule has 9 heteroatoms. The highest BCUT2D eigenvalue weighted by molar-refractivity contribution is 7.18. The van der Waals surface area contributed by atoms with E-state index in [0.717, 1.165) is 29.7 Å². The summed E-state index contributed by atoms with van der Waals surface area (Å²) < 4.78 is 1.50. The molecular weight excluding hydrogens is 455 g/mol. The molecule has 0 fully saturated rings. The molecule has 6 nitrogen and oxygen atoms in total. The van der Waals surface area contributed by atoms with Gasteiger partial charge in [-0.25, -0.2) is 4.98 Å². The third-order valence-corrected chi connectivity index (χ3v) is 7.34. The van der Waals surface area contributed by atoms with Crippen LogP contribution in [0.4, 0.5) is 5.69 Å². The number of amides is 1. The van der Waals surface area contributed by atoms with Gasteiger partial charge >= 0.3 is 0 Å². The lowest BCUT2D eigenvalue weighted by atomic mass is 9.89. The van der Waals surface area contributed by atoms with Crippen molar-refractivity contribution in [3.05, 3.63) is 54.9 Å². The minimum atomic E-state index is -0.320. The zero-order valence-electron chi connectivity index (χ0n) is 17.7. The van der Waals surface area contributed by atoms with E-state index in [2.05, 4.69) is 12.2 Å². The maximum atomic E-state index is 13.5. The molecule has 2 heterocycles. The number of rotatable bonds is 5. The number of carbonyl (C=O) groups excluding carboxylic acids is 1. The van der Waals surface area contributed by atoms with Crippen LogP contribution in [0.3, 0.4) is 0 Å². The van der Waals surface area contributed by atoms with Crippen LogP contribution in [0.25, 0.3) is 10.2 Å². The number of hydrogen-bond donors (Lipinski definition) is 1. The average molecular weight is 479 g/mol. The summed E-state index contributed by atoms with van der Waals surface area (Å²) in [5, 5.41) is 4.24. The monoisotopic (exact) mass is 478 g/mol. The molecule has 0 saturated heterocycles. The molecule has 164 valence electrons. The minimum Gasteiger partial charge on any atom is -0.324 e. The number of aryl methyl sites for hydroxylation is 1. The number of carbonyl (C=O) groups is 1. The lowest BCUT2D eigenvalue weighted by molar-refractivity contribution is -0.116. The Hall–Kier alpha value is -1.93. The largest absolute Gasteiger partial charge is 0.324 e. The molecule has 1 atom stereocenters. The molecule has 0 saturated carbocycles. The predicted molar refractivity (Wildman–Crippen MR) is 128 cm³/mol. The van der Waals surface area contributed by atoms with Crippen molar-refractivity contribution in [3.63, 3.8) is 0 Å². The number of aromatic nitrogens is 2. The van der Waals surface area contributed by atoms with E-state index in [0.29, 0.717) is 39.4 Å². The Morgan fingerprint density at radius 1 is 1.32 bits per heavy atom. The molecule has 1 aromatic carbocycles. The SMILES string of the molecule is CC1CCc2c(sc3nc(CN(C)C)n(CC(=O)Nc4ccc(Cl)c(Cl)c4)c(=O)c23)C1. The molecular formula is C22H24Cl2N4O2S. The molecule has 1 aliphatic carbocycles. The van der Waals surface area contributed by atoms with Crippen LogP contribution in [0, 0.1) is 5.92 Å². The number of hydrogen-bond acceptors (Lipinski definition) is 5. The van der Waals surface area contributed by atoms with Crippen molar-refractivity contribution in [3.8, 4) is 0 Å². The summed E-state index contributed by atoms with van der Waals surface area (Å²) in [6.07, 6.45) is 2.93. The van der Waals surface area contributed by atoms with Crippen molar-refractivity contribution >= 4 is 56.3 Å². The zero-order valence-corrected chi connectivity index (χ0v) is 20.0. The fourth-order valence-corrected chi connectivity index (χ4v) is 5.64. The van der Waals surface area contributed by atoms with E-state index >= 15 is 0 Å². The fourth-order valence-electron chi connectivity index (χ4n) is 3.95. The van der Waals surface area contributed by atoms with E-state index in [-0.39, 0.29) is 18.0 Å². The molecule has 1 amide bonds. The van der Waals surface area contributed by atoms with Crippen LogP contribution >= 0.6 is 34.5 Å². The second kappa shape index (κ2) is 8.90. The summed E-state index contributed by atoms with van der Waals surface area (Å²) in [6, 6.07) is 4.88. The van der Waals surface area contributed by atoms with Crippen LogP contribution in [0.5, 0.6) is 0 Å². The highest BCUT2D eigenvalue weighted by Crippen LogP contribution is 2.36. The second-order valence-electron chi connectivity index (χ2n) is 8.37. The fraction of sp³-hybridized carbons (Fsp3) is 0.409. The van der Waals surface area contributed by atoms with E-state index in [1.807, 2.05) is 19.0 Å². The molecule has 31 heavy (non-hydrogen) atoms. The first kappa shape index (κ1) is 22.3. The number of anilines is 1. The van der Waals surface area contributed by atoms with Gasteiger partial charge in [0.25, 0.3) is 5.56 Å². The number of benzene rings is 1. The van der Waals surface area contributed by atoms with Crippen molar-refractivity contribution in [2.45, 2.75) is 39.3 Å². The van der Waals surface area contributed by atoms with E-state index in [9.17, 15) is 9.59 Å². The van der Waals surface area contributed by atoms with E-state index < -0.39 is 0 Å². The summed E-state index contributed by atoms with van der Waals surface area (Å²) in [6.45, 7) is 2.58. The second-order valence-corrected chi connectivity index (χ2v) is 10.3.